The molecule has 4 N–H and O–H groups in total. The van der Waals surface area contributed by atoms with Crippen molar-refractivity contribution < 1.29 is 19.4 Å². The van der Waals surface area contributed by atoms with Gasteiger partial charge in [-0.1, -0.05) is 34.8 Å². The molecule has 0 aliphatic carbocycles. The van der Waals surface area contributed by atoms with Crippen LogP contribution >= 0.6 is 34.8 Å². The van der Waals surface area contributed by atoms with Crippen molar-refractivity contribution in [2.24, 2.45) is 0 Å². The fourth-order valence-electron chi connectivity index (χ4n) is 3.51. The molecule has 0 unspecified atom stereocenters. The van der Waals surface area contributed by atoms with Gasteiger partial charge in [0.05, 0.1) is 18.8 Å². The third-order valence-electron chi connectivity index (χ3n) is 5.09. The number of benzene rings is 2. The summed E-state index contributed by atoms with van der Waals surface area (Å²) in [5.74, 6) is -0.276. The number of rotatable bonds is 7. The molecule has 1 aliphatic rings. The number of aliphatic hydroxyl groups excluding tert-OH is 1. The zero-order valence-corrected chi connectivity index (χ0v) is 19.4. The van der Waals surface area contributed by atoms with E-state index in [1.54, 1.807) is 42.5 Å². The number of carbonyl (C=O) groups excluding carboxylic acids is 2. The number of anilines is 1. The van der Waals surface area contributed by atoms with Crippen LogP contribution < -0.4 is 16.0 Å². The molecule has 1 aliphatic heterocycles. The van der Waals surface area contributed by atoms with Gasteiger partial charge < -0.3 is 25.8 Å². The summed E-state index contributed by atoms with van der Waals surface area (Å²) in [5, 5.41) is 19.5. The van der Waals surface area contributed by atoms with E-state index in [0.29, 0.717) is 52.1 Å². The van der Waals surface area contributed by atoms with Crippen molar-refractivity contribution >= 4 is 52.4 Å². The zero-order valence-electron chi connectivity index (χ0n) is 17.1. The Hall–Kier alpha value is -2.03. The minimum atomic E-state index is -0.535. The Morgan fingerprint density at radius 2 is 1.69 bits per heavy atom. The lowest BCUT2D eigenvalue weighted by Gasteiger charge is -2.36. The number of nitrogens with one attached hydrogen (secondary N) is 3. The van der Waals surface area contributed by atoms with Crippen LogP contribution in [0.25, 0.3) is 0 Å². The summed E-state index contributed by atoms with van der Waals surface area (Å²) >= 11 is 17.7. The predicted octanol–water partition coefficient (Wildman–Crippen LogP) is 4.50. The normalized spacial score (nSPS) is 20.4. The second-order valence-electron chi connectivity index (χ2n) is 7.47. The predicted molar refractivity (Wildman–Crippen MR) is 126 cm³/mol. The van der Waals surface area contributed by atoms with Crippen molar-refractivity contribution in [3.63, 3.8) is 0 Å². The van der Waals surface area contributed by atoms with E-state index in [0.717, 1.165) is 0 Å². The van der Waals surface area contributed by atoms with E-state index in [9.17, 15) is 14.7 Å². The molecule has 1 saturated heterocycles. The first-order chi connectivity index (χ1) is 15.3. The van der Waals surface area contributed by atoms with Crippen molar-refractivity contribution in [2.75, 3.05) is 18.5 Å². The van der Waals surface area contributed by atoms with E-state index in [2.05, 4.69) is 16.0 Å². The van der Waals surface area contributed by atoms with Gasteiger partial charge in [0.1, 0.15) is 6.10 Å². The molecule has 0 bridgehead atoms. The Labute approximate surface area is 201 Å². The molecule has 2 aromatic carbocycles. The molecule has 2 aromatic rings. The van der Waals surface area contributed by atoms with E-state index in [1.165, 1.54) is 0 Å². The molecule has 0 spiro atoms. The number of urea groups is 1. The van der Waals surface area contributed by atoms with Crippen LogP contribution in [0, 0.1) is 0 Å². The standard InChI is InChI=1S/C22H24Cl3N3O4/c23-14-1-3-17(4-2-14)27-22(31)28-19-6-5-18(32-20(19)12-29)7-8-26-21(30)13-9-15(24)11-16(25)10-13/h1-4,9-11,18-20,29H,5-8,12H2,(H,26,30)(H2,27,28,31)/t18-,19+,20-/m1/s1. The molecule has 1 heterocycles. The minimum Gasteiger partial charge on any atom is -0.394 e. The lowest BCUT2D eigenvalue weighted by Crippen LogP contribution is -2.52. The quantitative estimate of drug-likeness (QED) is 0.450. The van der Waals surface area contributed by atoms with Crippen LogP contribution in [0.4, 0.5) is 10.5 Å². The molecule has 3 rings (SSSR count). The average Bonchev–Trinajstić information content (AvgIpc) is 2.75. The van der Waals surface area contributed by atoms with Gasteiger partial charge in [0, 0.05) is 32.9 Å². The highest BCUT2D eigenvalue weighted by atomic mass is 35.5. The van der Waals surface area contributed by atoms with Crippen LogP contribution in [0.1, 0.15) is 29.6 Å². The summed E-state index contributed by atoms with van der Waals surface area (Å²) in [7, 11) is 0. The fourth-order valence-corrected chi connectivity index (χ4v) is 4.16. The van der Waals surface area contributed by atoms with E-state index in [1.807, 2.05) is 0 Å². The Balaban J connectivity index is 1.44. The van der Waals surface area contributed by atoms with Gasteiger partial charge >= 0.3 is 6.03 Å². The second-order valence-corrected chi connectivity index (χ2v) is 8.78. The molecule has 32 heavy (non-hydrogen) atoms. The first-order valence-electron chi connectivity index (χ1n) is 10.2. The number of aliphatic hydroxyl groups is 1. The molecule has 10 heteroatoms. The van der Waals surface area contributed by atoms with E-state index < -0.39 is 6.10 Å². The van der Waals surface area contributed by atoms with Crippen molar-refractivity contribution in [1.82, 2.24) is 10.6 Å². The van der Waals surface area contributed by atoms with Gasteiger partial charge in [-0.2, -0.15) is 0 Å². The maximum Gasteiger partial charge on any atom is 0.319 e. The Morgan fingerprint density at radius 1 is 1.00 bits per heavy atom. The summed E-state index contributed by atoms with van der Waals surface area (Å²) in [6.45, 7) is 0.163. The number of halogens is 3. The third-order valence-corrected chi connectivity index (χ3v) is 5.78. The summed E-state index contributed by atoms with van der Waals surface area (Å²) in [6, 6.07) is 10.7. The van der Waals surface area contributed by atoms with Crippen molar-refractivity contribution in [2.45, 2.75) is 37.5 Å². The van der Waals surface area contributed by atoms with Crippen LogP contribution in [-0.2, 0) is 4.74 Å². The molecule has 3 atom stereocenters. The highest BCUT2D eigenvalue weighted by molar-refractivity contribution is 6.35. The van der Waals surface area contributed by atoms with E-state index >= 15 is 0 Å². The topological polar surface area (TPSA) is 99.7 Å². The van der Waals surface area contributed by atoms with E-state index in [4.69, 9.17) is 39.5 Å². The Bertz CT molecular complexity index is 922. The van der Waals surface area contributed by atoms with E-state index in [-0.39, 0.29) is 30.7 Å². The number of ether oxygens (including phenoxy) is 1. The largest absolute Gasteiger partial charge is 0.394 e. The number of hydrogen-bond donors (Lipinski definition) is 4. The number of carbonyl (C=O) groups is 2. The molecule has 172 valence electrons. The van der Waals surface area contributed by atoms with Gasteiger partial charge in [-0.25, -0.2) is 4.79 Å². The monoisotopic (exact) mass is 499 g/mol. The molecule has 0 radical (unpaired) electrons. The van der Waals surface area contributed by atoms with Gasteiger partial charge in [-0.3, -0.25) is 4.79 Å². The highest BCUT2D eigenvalue weighted by Crippen LogP contribution is 2.23. The molecular weight excluding hydrogens is 477 g/mol. The zero-order chi connectivity index (χ0) is 23.1. The molecule has 3 amide bonds. The van der Waals surface area contributed by atoms with Crippen molar-refractivity contribution in [3.8, 4) is 0 Å². The van der Waals surface area contributed by atoms with Gasteiger partial charge in [0.25, 0.3) is 5.91 Å². The lowest BCUT2D eigenvalue weighted by atomic mass is 9.97. The molecule has 7 nitrogen and oxygen atoms in total. The number of amides is 3. The SMILES string of the molecule is O=C(Nc1ccc(Cl)cc1)N[C@H]1CC[C@H](CCNC(=O)c2cc(Cl)cc(Cl)c2)O[C@@H]1CO. The maximum atomic E-state index is 12.3. The van der Waals surface area contributed by atoms with Crippen LogP contribution in [0.2, 0.25) is 15.1 Å². The lowest BCUT2D eigenvalue weighted by molar-refractivity contribution is -0.0886. The van der Waals surface area contributed by atoms with Gasteiger partial charge in [-0.05, 0) is 61.7 Å². The molecular formula is C22H24Cl3N3O4. The maximum absolute atomic E-state index is 12.3. The average molecular weight is 501 g/mol. The summed E-state index contributed by atoms with van der Waals surface area (Å²) in [4.78, 5) is 24.6. The van der Waals surface area contributed by atoms with Gasteiger partial charge in [0.15, 0.2) is 0 Å². The van der Waals surface area contributed by atoms with Crippen LogP contribution in [0.5, 0.6) is 0 Å². The summed E-state index contributed by atoms with van der Waals surface area (Å²) in [5.41, 5.74) is 0.995. The smallest absolute Gasteiger partial charge is 0.319 e. The summed E-state index contributed by atoms with van der Waals surface area (Å²) < 4.78 is 5.94. The molecule has 1 fully saturated rings. The van der Waals surface area contributed by atoms with Crippen LogP contribution in [-0.4, -0.2) is 48.4 Å². The first kappa shape index (κ1) is 24.6. The van der Waals surface area contributed by atoms with Crippen LogP contribution in [0.15, 0.2) is 42.5 Å². The fraction of sp³-hybridized carbons (Fsp3) is 0.364. The first-order valence-corrected chi connectivity index (χ1v) is 11.3. The Kier molecular flexibility index (Phi) is 9.02. The number of hydrogen-bond acceptors (Lipinski definition) is 4. The highest BCUT2D eigenvalue weighted by Gasteiger charge is 2.31. The second kappa shape index (κ2) is 11.7. The van der Waals surface area contributed by atoms with Crippen molar-refractivity contribution in [1.29, 1.82) is 0 Å². The van der Waals surface area contributed by atoms with Crippen LogP contribution in [0.3, 0.4) is 0 Å². The Morgan fingerprint density at radius 3 is 2.34 bits per heavy atom. The molecule has 0 saturated carbocycles. The third kappa shape index (κ3) is 7.25. The van der Waals surface area contributed by atoms with Gasteiger partial charge in [-0.15, -0.1) is 0 Å². The molecule has 0 aromatic heterocycles. The van der Waals surface area contributed by atoms with Crippen molar-refractivity contribution in [3.05, 3.63) is 63.1 Å². The minimum absolute atomic E-state index is 0.146. The summed E-state index contributed by atoms with van der Waals surface area (Å²) in [6.07, 6.45) is 1.21. The van der Waals surface area contributed by atoms with Gasteiger partial charge in [0.2, 0.25) is 0 Å².